The number of aromatic hydroxyl groups is 1. The Hall–Kier alpha value is -3.14. The van der Waals surface area contributed by atoms with Crippen LogP contribution >= 0.6 is 0 Å². The van der Waals surface area contributed by atoms with Crippen LogP contribution in [0.4, 0.5) is 10.1 Å². The molecule has 2 aromatic rings. The summed E-state index contributed by atoms with van der Waals surface area (Å²) in [6.45, 7) is 8.42. The first-order chi connectivity index (χ1) is 14.7. The fourth-order valence-electron chi connectivity index (χ4n) is 4.04. The first kappa shape index (κ1) is 22.5. The topological polar surface area (TPSA) is 49.3 Å². The number of rotatable bonds is 5. The van der Waals surface area contributed by atoms with Gasteiger partial charge in [0.05, 0.1) is 0 Å². The van der Waals surface area contributed by atoms with Crippen LogP contribution in [-0.2, 0) is 0 Å². The Morgan fingerprint density at radius 2 is 1.68 bits per heavy atom. The third-order valence-corrected chi connectivity index (χ3v) is 5.91. The molecule has 0 saturated carbocycles. The van der Waals surface area contributed by atoms with Crippen molar-refractivity contribution >= 4 is 17.4 Å². The largest absolute Gasteiger partial charge is 0.508 e. The lowest BCUT2D eigenvalue weighted by Gasteiger charge is -2.33. The van der Waals surface area contributed by atoms with E-state index in [2.05, 4.69) is 32.2 Å². The summed E-state index contributed by atoms with van der Waals surface area (Å²) < 4.78 is 15.0. The number of anilines is 1. The van der Waals surface area contributed by atoms with E-state index in [1.807, 2.05) is 6.08 Å². The minimum absolute atomic E-state index is 0.113. The molecule has 162 valence electrons. The number of phenolic OH excluding ortho intramolecular Hbond substituents is 1. The van der Waals surface area contributed by atoms with Crippen LogP contribution in [0.15, 0.2) is 77.4 Å². The quantitative estimate of drug-likeness (QED) is 0.391. The third kappa shape index (κ3) is 5.52. The summed E-state index contributed by atoms with van der Waals surface area (Å²) in [6.07, 6.45) is 7.35. The van der Waals surface area contributed by atoms with Crippen LogP contribution in [0.5, 0.6) is 5.75 Å². The molecule has 0 heterocycles. The summed E-state index contributed by atoms with van der Waals surface area (Å²) in [7, 11) is 0. The molecule has 0 fully saturated rings. The maximum absolute atomic E-state index is 15.0. The van der Waals surface area contributed by atoms with Gasteiger partial charge in [0.1, 0.15) is 11.6 Å². The highest BCUT2D eigenvalue weighted by atomic mass is 19.1. The maximum atomic E-state index is 15.0. The lowest BCUT2D eigenvalue weighted by atomic mass is 9.72. The molecule has 0 atom stereocenters. The summed E-state index contributed by atoms with van der Waals surface area (Å²) in [4.78, 5) is 12.4. The smallest absolute Gasteiger partial charge is 0.255 e. The number of benzene rings is 2. The molecule has 0 bridgehead atoms. The Morgan fingerprint density at radius 3 is 2.29 bits per heavy atom. The SMILES string of the molecule is CC1=C(/C=C/C(C)=C(\F)c2ccc(C(=O)Nc3ccc(O)cc3)cc2)C(C)(C)CCC1. The van der Waals surface area contributed by atoms with Gasteiger partial charge in [-0.05, 0) is 86.1 Å². The molecule has 0 unspecified atom stereocenters. The Morgan fingerprint density at radius 1 is 1.06 bits per heavy atom. The molecule has 0 aromatic heterocycles. The fraction of sp³-hybridized carbons (Fsp3) is 0.296. The zero-order valence-electron chi connectivity index (χ0n) is 18.6. The van der Waals surface area contributed by atoms with Crippen molar-refractivity contribution in [3.8, 4) is 5.75 Å². The number of nitrogens with one attached hydrogen (secondary N) is 1. The van der Waals surface area contributed by atoms with Gasteiger partial charge in [-0.25, -0.2) is 4.39 Å². The van der Waals surface area contributed by atoms with Gasteiger partial charge in [0.25, 0.3) is 5.91 Å². The van der Waals surface area contributed by atoms with Crippen molar-refractivity contribution in [1.82, 2.24) is 0 Å². The number of allylic oxidation sites excluding steroid dienone is 5. The summed E-state index contributed by atoms with van der Waals surface area (Å²) in [5.74, 6) is -0.457. The molecular weight excluding hydrogens is 389 g/mol. The second-order valence-electron chi connectivity index (χ2n) is 8.84. The van der Waals surface area contributed by atoms with Crippen LogP contribution < -0.4 is 5.32 Å². The Bertz CT molecular complexity index is 1040. The molecule has 0 saturated heterocycles. The molecule has 0 spiro atoms. The first-order valence-corrected chi connectivity index (χ1v) is 10.6. The average Bonchev–Trinajstić information content (AvgIpc) is 2.74. The van der Waals surface area contributed by atoms with Crippen LogP contribution in [0.3, 0.4) is 0 Å². The van der Waals surface area contributed by atoms with Gasteiger partial charge in [0, 0.05) is 16.8 Å². The first-order valence-electron chi connectivity index (χ1n) is 10.6. The van der Waals surface area contributed by atoms with Gasteiger partial charge < -0.3 is 10.4 Å². The van der Waals surface area contributed by atoms with Crippen LogP contribution in [0.2, 0.25) is 0 Å². The van der Waals surface area contributed by atoms with Gasteiger partial charge >= 0.3 is 0 Å². The molecule has 0 aliphatic heterocycles. The molecule has 31 heavy (non-hydrogen) atoms. The van der Waals surface area contributed by atoms with E-state index >= 15 is 0 Å². The van der Waals surface area contributed by atoms with E-state index < -0.39 is 0 Å². The molecule has 1 aliphatic carbocycles. The number of halogens is 1. The predicted octanol–water partition coefficient (Wildman–Crippen LogP) is 7.43. The summed E-state index contributed by atoms with van der Waals surface area (Å²) in [6, 6.07) is 12.7. The molecule has 4 heteroatoms. The average molecular weight is 420 g/mol. The molecule has 3 rings (SSSR count). The van der Waals surface area contributed by atoms with Gasteiger partial charge in [0.2, 0.25) is 0 Å². The van der Waals surface area contributed by atoms with Gasteiger partial charge in [-0.1, -0.05) is 43.7 Å². The van der Waals surface area contributed by atoms with Crippen molar-refractivity contribution in [2.45, 2.75) is 47.0 Å². The number of hydrogen-bond acceptors (Lipinski definition) is 2. The Labute approximate surface area is 184 Å². The second kappa shape index (κ2) is 9.34. The fourth-order valence-corrected chi connectivity index (χ4v) is 4.04. The van der Waals surface area contributed by atoms with E-state index in [1.54, 1.807) is 43.3 Å². The van der Waals surface area contributed by atoms with Crippen molar-refractivity contribution in [2.24, 2.45) is 5.41 Å². The van der Waals surface area contributed by atoms with E-state index in [4.69, 9.17) is 0 Å². The maximum Gasteiger partial charge on any atom is 0.255 e. The molecule has 1 amide bonds. The molecule has 2 aromatic carbocycles. The van der Waals surface area contributed by atoms with Crippen molar-refractivity contribution in [3.63, 3.8) is 0 Å². The highest BCUT2D eigenvalue weighted by Gasteiger charge is 2.26. The molecular formula is C27H30FNO2. The van der Waals surface area contributed by atoms with Crippen LogP contribution in [0.25, 0.3) is 5.83 Å². The number of carbonyl (C=O) groups excluding carboxylic acids is 1. The summed E-state index contributed by atoms with van der Waals surface area (Å²) >= 11 is 0. The summed E-state index contributed by atoms with van der Waals surface area (Å²) in [5, 5.41) is 12.1. The van der Waals surface area contributed by atoms with Gasteiger partial charge in [-0.15, -0.1) is 0 Å². The van der Waals surface area contributed by atoms with Gasteiger partial charge in [0.15, 0.2) is 0 Å². The van der Waals surface area contributed by atoms with Crippen molar-refractivity contribution in [1.29, 1.82) is 0 Å². The molecule has 1 aliphatic rings. The lowest BCUT2D eigenvalue weighted by molar-refractivity contribution is 0.102. The Balaban J connectivity index is 1.74. The van der Waals surface area contributed by atoms with E-state index in [1.165, 1.54) is 29.7 Å². The number of hydrogen-bond donors (Lipinski definition) is 2. The van der Waals surface area contributed by atoms with Gasteiger partial charge in [-0.2, -0.15) is 0 Å². The number of phenols is 1. The monoisotopic (exact) mass is 419 g/mol. The van der Waals surface area contributed by atoms with Crippen LogP contribution in [-0.4, -0.2) is 11.0 Å². The summed E-state index contributed by atoms with van der Waals surface area (Å²) in [5.41, 5.74) is 4.80. The predicted molar refractivity (Wildman–Crippen MR) is 126 cm³/mol. The normalized spacial score (nSPS) is 16.9. The third-order valence-electron chi connectivity index (χ3n) is 5.91. The van der Waals surface area contributed by atoms with Crippen LogP contribution in [0, 0.1) is 5.41 Å². The standard InChI is InChI=1S/C27H30FNO2/c1-18-6-5-17-27(3,4)24(18)16-7-19(2)25(28)20-8-10-21(11-9-20)26(31)29-22-12-14-23(30)15-13-22/h7-16,30H,5-6,17H2,1-4H3,(H,29,31)/b16-7+,25-19-. The van der Waals surface area contributed by atoms with E-state index in [9.17, 15) is 14.3 Å². The zero-order valence-corrected chi connectivity index (χ0v) is 18.6. The molecule has 2 N–H and O–H groups in total. The van der Waals surface area contributed by atoms with Crippen molar-refractivity contribution in [2.75, 3.05) is 5.32 Å². The van der Waals surface area contributed by atoms with Gasteiger partial charge in [-0.3, -0.25) is 4.79 Å². The second-order valence-corrected chi connectivity index (χ2v) is 8.84. The van der Waals surface area contributed by atoms with E-state index in [-0.39, 0.29) is 22.9 Å². The van der Waals surface area contributed by atoms with Crippen molar-refractivity contribution in [3.05, 3.63) is 88.5 Å². The molecule has 0 radical (unpaired) electrons. The minimum Gasteiger partial charge on any atom is -0.508 e. The highest BCUT2D eigenvalue weighted by Crippen LogP contribution is 2.41. The minimum atomic E-state index is -0.298. The van der Waals surface area contributed by atoms with E-state index in [0.717, 1.165) is 12.8 Å². The van der Waals surface area contributed by atoms with Crippen molar-refractivity contribution < 1.29 is 14.3 Å². The zero-order chi connectivity index (χ0) is 22.6. The number of amides is 1. The van der Waals surface area contributed by atoms with Crippen LogP contribution in [0.1, 0.15) is 62.9 Å². The number of carbonyl (C=O) groups is 1. The highest BCUT2D eigenvalue weighted by molar-refractivity contribution is 6.04. The van der Waals surface area contributed by atoms with E-state index in [0.29, 0.717) is 22.4 Å². The molecule has 3 nitrogen and oxygen atoms in total. The lowest BCUT2D eigenvalue weighted by Crippen LogP contribution is -2.19. The Kier molecular flexibility index (Phi) is 6.79.